The van der Waals surface area contributed by atoms with E-state index in [1.54, 1.807) is 0 Å². The van der Waals surface area contributed by atoms with Gasteiger partial charge in [0.1, 0.15) is 24.5 Å². The number of amidine groups is 1. The lowest BCUT2D eigenvalue weighted by Gasteiger charge is -2.30. The van der Waals surface area contributed by atoms with Gasteiger partial charge in [-0.25, -0.2) is 9.48 Å². The molecule has 0 saturated heterocycles. The Morgan fingerprint density at radius 2 is 1.07 bits per heavy atom. The first-order chi connectivity index (χ1) is 26.5. The molecular formula is C51H58N2O2. The van der Waals surface area contributed by atoms with Crippen LogP contribution in [-0.2, 0) is 0 Å². The fourth-order valence-electron chi connectivity index (χ4n) is 8.36. The van der Waals surface area contributed by atoms with Gasteiger partial charge in [-0.1, -0.05) is 189 Å². The number of rotatable bonds is 14. The van der Waals surface area contributed by atoms with Crippen molar-refractivity contribution in [3.8, 4) is 0 Å². The number of para-hydroxylation sites is 2. The van der Waals surface area contributed by atoms with Crippen molar-refractivity contribution in [2.24, 2.45) is 0 Å². The van der Waals surface area contributed by atoms with Gasteiger partial charge in [0.2, 0.25) is 0 Å². The second-order valence-electron chi connectivity index (χ2n) is 16.3. The summed E-state index contributed by atoms with van der Waals surface area (Å²) in [4.78, 5) is 16.4. The number of Topliss-reactive ketones (excluding diaryl/α,β-unsaturated/α-hetero) is 1. The van der Waals surface area contributed by atoms with Crippen molar-refractivity contribution >= 4 is 23.0 Å². The van der Waals surface area contributed by atoms with Crippen molar-refractivity contribution < 1.29 is 14.5 Å². The first-order valence-electron chi connectivity index (χ1n) is 20.2. The Morgan fingerprint density at radius 3 is 1.56 bits per heavy atom. The molecule has 0 fully saturated rings. The molecule has 0 aliphatic carbocycles. The minimum Gasteiger partial charge on any atom is -0.867 e. The van der Waals surface area contributed by atoms with E-state index < -0.39 is 0 Å². The van der Waals surface area contributed by atoms with Gasteiger partial charge in [0.15, 0.2) is 5.78 Å². The van der Waals surface area contributed by atoms with E-state index >= 15 is 5.11 Å². The molecule has 5 aromatic carbocycles. The van der Waals surface area contributed by atoms with Crippen LogP contribution < -0.4 is 10.0 Å². The molecule has 4 heteroatoms. The summed E-state index contributed by atoms with van der Waals surface area (Å²) in [7, 11) is 0. The molecule has 0 amide bonds. The highest BCUT2D eigenvalue weighted by atomic mass is 16.3. The van der Waals surface area contributed by atoms with Gasteiger partial charge in [-0.15, -0.1) is 0 Å². The van der Waals surface area contributed by atoms with Gasteiger partial charge in [-0.3, -0.25) is 4.79 Å². The number of hydrogen-bond acceptors (Lipinski definition) is 3. The topological polar surface area (TPSA) is 46.4 Å². The van der Waals surface area contributed by atoms with Crippen LogP contribution in [0.25, 0.3) is 0 Å². The third-order valence-electron chi connectivity index (χ3n) is 11.2. The standard InChI is InChI=1S/C51H58N2O2/c1-34(2)41-26-18-27-42(35(3)4)49(41)52-30-31-53(50-43(36(5)6)28-19-29-44(50)37(7)8)51(52)48(55)33-46(39-22-14-10-15-23-39)45(38-20-12-9-13-21-38)32-47(54)40-24-16-11-17-25-40/h9-29,33-37,45-46H,30-32H2,1-8H3. The van der Waals surface area contributed by atoms with E-state index in [2.05, 4.69) is 126 Å². The molecule has 0 bridgehead atoms. The summed E-state index contributed by atoms with van der Waals surface area (Å²) in [6.45, 7) is 19.3. The van der Waals surface area contributed by atoms with Crippen LogP contribution in [0.15, 0.2) is 139 Å². The number of allylic oxidation sites excluding steroid dienone is 1. The van der Waals surface area contributed by atoms with E-state index in [-0.39, 0.29) is 53.5 Å². The number of carbonyl (C=O) groups excluding carboxylic acids is 1. The molecule has 1 aliphatic rings. The summed E-state index contributed by atoms with van der Waals surface area (Å²) >= 11 is 0. The lowest BCUT2D eigenvalue weighted by atomic mass is 9.77. The lowest BCUT2D eigenvalue weighted by Crippen LogP contribution is -2.37. The Hall–Kier alpha value is -5.22. The van der Waals surface area contributed by atoms with Crippen molar-refractivity contribution in [3.63, 3.8) is 0 Å². The van der Waals surface area contributed by atoms with Crippen molar-refractivity contribution in [1.82, 2.24) is 0 Å². The van der Waals surface area contributed by atoms with Gasteiger partial charge in [-0.05, 0) is 40.6 Å². The van der Waals surface area contributed by atoms with Crippen molar-refractivity contribution in [2.45, 2.75) is 97.3 Å². The predicted molar refractivity (Wildman–Crippen MR) is 228 cm³/mol. The van der Waals surface area contributed by atoms with E-state index in [1.165, 1.54) is 22.3 Å². The zero-order chi connectivity index (χ0) is 39.2. The summed E-state index contributed by atoms with van der Waals surface area (Å²) in [5.41, 5.74) is 10.0. The Balaban J connectivity index is 1.65. The van der Waals surface area contributed by atoms with Gasteiger partial charge in [-0.2, -0.15) is 0 Å². The van der Waals surface area contributed by atoms with Gasteiger partial charge >= 0.3 is 0 Å². The average Bonchev–Trinajstić information content (AvgIpc) is 3.64. The quantitative estimate of drug-likeness (QED) is 0.0649. The number of carbonyl (C=O) groups is 1. The van der Waals surface area contributed by atoms with Gasteiger partial charge in [0.05, 0.1) is 0 Å². The fraction of sp³-hybridized carbons (Fsp3) is 0.333. The van der Waals surface area contributed by atoms with Crippen LogP contribution in [0.4, 0.5) is 11.4 Å². The molecule has 4 nitrogen and oxygen atoms in total. The molecule has 0 N–H and O–H groups in total. The first-order valence-corrected chi connectivity index (χ1v) is 20.2. The highest BCUT2D eigenvalue weighted by molar-refractivity contribution is 6.07. The molecule has 0 saturated carbocycles. The van der Waals surface area contributed by atoms with Crippen LogP contribution in [-0.4, -0.2) is 29.3 Å². The maximum atomic E-state index is 15.8. The molecule has 2 unspecified atom stereocenters. The summed E-state index contributed by atoms with van der Waals surface area (Å²) in [6, 6.07) is 43.3. The van der Waals surface area contributed by atoms with Crippen molar-refractivity contribution in [3.05, 3.63) is 178 Å². The van der Waals surface area contributed by atoms with Crippen LogP contribution in [0.1, 0.15) is 141 Å². The van der Waals surface area contributed by atoms with Crippen LogP contribution in [0.3, 0.4) is 0 Å². The van der Waals surface area contributed by atoms with E-state index in [0.717, 1.165) is 22.5 Å². The van der Waals surface area contributed by atoms with Crippen LogP contribution >= 0.6 is 0 Å². The van der Waals surface area contributed by atoms with Crippen LogP contribution in [0, 0.1) is 0 Å². The van der Waals surface area contributed by atoms with Gasteiger partial charge < -0.3 is 5.11 Å². The van der Waals surface area contributed by atoms with Crippen molar-refractivity contribution in [2.75, 3.05) is 18.0 Å². The highest BCUT2D eigenvalue weighted by Gasteiger charge is 2.39. The normalized spacial score (nSPS) is 14.8. The van der Waals surface area contributed by atoms with E-state index in [9.17, 15) is 4.79 Å². The maximum absolute atomic E-state index is 15.8. The van der Waals surface area contributed by atoms with E-state index in [0.29, 0.717) is 24.5 Å². The highest BCUT2D eigenvalue weighted by Crippen LogP contribution is 2.43. The van der Waals surface area contributed by atoms with E-state index in [1.807, 2.05) is 72.8 Å². The van der Waals surface area contributed by atoms with E-state index in [4.69, 9.17) is 0 Å². The number of ketones is 1. The zero-order valence-electron chi connectivity index (χ0n) is 34.0. The molecule has 5 aromatic rings. The Bertz CT molecular complexity index is 2080. The number of anilines is 1. The molecule has 284 valence electrons. The molecule has 6 rings (SSSR count). The SMILES string of the molecule is CC(C)c1cccc(C(C)C)c1N1CC[N+](c2c(C(C)C)cccc2C(C)C)=C1C([O-])=CC(c1ccccc1)C(CC(=O)c1ccccc1)c1ccccc1. The van der Waals surface area contributed by atoms with Gasteiger partial charge in [0.25, 0.3) is 5.84 Å². The molecule has 0 aromatic heterocycles. The van der Waals surface area contributed by atoms with Crippen LogP contribution in [0.2, 0.25) is 0 Å². The summed E-state index contributed by atoms with van der Waals surface area (Å²) in [6.07, 6.45) is 2.20. The summed E-state index contributed by atoms with van der Waals surface area (Å²) in [5.74, 6) is 1.15. The summed E-state index contributed by atoms with van der Waals surface area (Å²) in [5, 5.41) is 15.8. The summed E-state index contributed by atoms with van der Waals surface area (Å²) < 4.78 is 2.33. The number of benzene rings is 5. The maximum Gasteiger partial charge on any atom is 0.274 e. The molecular weight excluding hydrogens is 673 g/mol. The third kappa shape index (κ3) is 8.54. The lowest BCUT2D eigenvalue weighted by molar-refractivity contribution is -0.436. The first kappa shape index (κ1) is 39.5. The molecule has 0 radical (unpaired) electrons. The third-order valence-corrected chi connectivity index (χ3v) is 11.2. The molecule has 2 atom stereocenters. The molecule has 0 spiro atoms. The Morgan fingerprint density at radius 1 is 0.618 bits per heavy atom. The second-order valence-corrected chi connectivity index (χ2v) is 16.3. The fourth-order valence-corrected chi connectivity index (χ4v) is 8.36. The smallest absolute Gasteiger partial charge is 0.274 e. The van der Waals surface area contributed by atoms with Gasteiger partial charge in [0, 0.05) is 46.1 Å². The monoisotopic (exact) mass is 730 g/mol. The minimum absolute atomic E-state index is 0.0269. The molecule has 1 heterocycles. The van der Waals surface area contributed by atoms with Crippen LogP contribution in [0.5, 0.6) is 0 Å². The number of nitrogens with zero attached hydrogens (tertiary/aromatic N) is 2. The largest absolute Gasteiger partial charge is 0.867 e. The Kier molecular flexibility index (Phi) is 12.6. The number of hydrogen-bond donors (Lipinski definition) is 0. The zero-order valence-corrected chi connectivity index (χ0v) is 34.0. The van der Waals surface area contributed by atoms with Crippen molar-refractivity contribution in [1.29, 1.82) is 0 Å². The second kappa shape index (κ2) is 17.5. The average molecular weight is 731 g/mol. The molecule has 55 heavy (non-hydrogen) atoms. The minimum atomic E-state index is -0.365. The molecule has 1 aliphatic heterocycles. The predicted octanol–water partition coefficient (Wildman–Crippen LogP) is 11.8. The Labute approximate surface area is 329 Å².